The smallest absolute Gasteiger partial charge is 0.136 e. The number of benzene rings is 1. The molecule has 0 bridgehead atoms. The van der Waals surface area contributed by atoms with Crippen molar-refractivity contribution in [1.29, 1.82) is 0 Å². The van der Waals surface area contributed by atoms with E-state index >= 15 is 0 Å². The summed E-state index contributed by atoms with van der Waals surface area (Å²) in [4.78, 5) is 4.11. The molecule has 2 rings (SSSR count). The van der Waals surface area contributed by atoms with Crippen molar-refractivity contribution >= 4 is 15.9 Å². The van der Waals surface area contributed by atoms with Crippen LogP contribution in [0.15, 0.2) is 47.2 Å². The van der Waals surface area contributed by atoms with Gasteiger partial charge in [0.25, 0.3) is 0 Å². The lowest BCUT2D eigenvalue weighted by Gasteiger charge is -2.16. The third kappa shape index (κ3) is 4.83. The Balaban J connectivity index is 2.01. The van der Waals surface area contributed by atoms with Gasteiger partial charge in [-0.2, -0.15) is 0 Å². The van der Waals surface area contributed by atoms with Crippen LogP contribution in [0.2, 0.25) is 0 Å². The molecule has 2 N–H and O–H groups in total. The maximum absolute atomic E-state index is 6.06. The summed E-state index contributed by atoms with van der Waals surface area (Å²) in [6.07, 6.45) is 6.29. The molecule has 0 spiro atoms. The number of hydrogen-bond donors (Lipinski definition) is 1. The van der Waals surface area contributed by atoms with Gasteiger partial charge in [0.05, 0.1) is 11.1 Å². The summed E-state index contributed by atoms with van der Waals surface area (Å²) < 4.78 is 6.97. The van der Waals surface area contributed by atoms with Gasteiger partial charge in [0.2, 0.25) is 0 Å². The summed E-state index contributed by atoms with van der Waals surface area (Å²) in [5.74, 6) is 0.908. The molecule has 1 atom stereocenters. The second kappa shape index (κ2) is 8.15. The minimum absolute atomic E-state index is 0.167. The van der Waals surface area contributed by atoms with E-state index in [9.17, 15) is 0 Å². The highest BCUT2D eigenvalue weighted by Crippen LogP contribution is 2.30. The highest BCUT2D eigenvalue weighted by Gasteiger charge is 2.11. The highest BCUT2D eigenvalue weighted by atomic mass is 79.9. The first-order valence-electron chi connectivity index (χ1n) is 7.25. The van der Waals surface area contributed by atoms with Crippen LogP contribution in [-0.2, 0) is 12.8 Å². The minimum Gasteiger partial charge on any atom is -0.492 e. The maximum Gasteiger partial charge on any atom is 0.136 e. The van der Waals surface area contributed by atoms with Crippen molar-refractivity contribution in [2.75, 3.05) is 6.61 Å². The highest BCUT2D eigenvalue weighted by molar-refractivity contribution is 9.10. The van der Waals surface area contributed by atoms with Gasteiger partial charge in [0.15, 0.2) is 0 Å². The summed E-state index contributed by atoms with van der Waals surface area (Å²) in [6.45, 7) is 2.73. The number of aromatic nitrogens is 1. The molecule has 0 saturated heterocycles. The molecule has 4 heteroatoms. The summed E-state index contributed by atoms with van der Waals surface area (Å²) in [5.41, 5.74) is 8.40. The average Bonchev–Trinajstić information content (AvgIpc) is 2.51. The lowest BCUT2D eigenvalue weighted by Crippen LogP contribution is -2.22. The fourth-order valence-electron chi connectivity index (χ4n) is 2.12. The van der Waals surface area contributed by atoms with E-state index in [2.05, 4.69) is 40.0 Å². The van der Waals surface area contributed by atoms with E-state index in [1.54, 1.807) is 6.20 Å². The summed E-state index contributed by atoms with van der Waals surface area (Å²) >= 11 is 3.57. The second-order valence-electron chi connectivity index (χ2n) is 5.06. The summed E-state index contributed by atoms with van der Waals surface area (Å²) in [6, 6.07) is 10.3. The van der Waals surface area contributed by atoms with Crippen molar-refractivity contribution in [3.63, 3.8) is 0 Å². The number of para-hydroxylation sites is 1. The first-order valence-corrected chi connectivity index (χ1v) is 8.04. The van der Waals surface area contributed by atoms with E-state index in [0.717, 1.165) is 35.0 Å². The van der Waals surface area contributed by atoms with Crippen LogP contribution in [0.1, 0.15) is 24.5 Å². The first kappa shape index (κ1) is 16.0. The van der Waals surface area contributed by atoms with Crippen molar-refractivity contribution in [2.24, 2.45) is 5.73 Å². The Kier molecular flexibility index (Phi) is 6.21. The SMILES string of the molecule is CCC(N)Cc1cccc(Br)c1OCCc1cccnc1. The predicted octanol–water partition coefficient (Wildman–Crippen LogP) is 3.75. The average molecular weight is 349 g/mol. The number of pyridine rings is 1. The Morgan fingerprint density at radius 1 is 1.29 bits per heavy atom. The van der Waals surface area contributed by atoms with Gasteiger partial charge in [-0.05, 0) is 52.0 Å². The molecule has 2 aromatic rings. The zero-order valence-electron chi connectivity index (χ0n) is 12.3. The topological polar surface area (TPSA) is 48.1 Å². The maximum atomic E-state index is 6.06. The van der Waals surface area contributed by atoms with Crippen LogP contribution in [-0.4, -0.2) is 17.6 Å². The number of nitrogens with zero attached hydrogens (tertiary/aromatic N) is 1. The number of ether oxygens (including phenoxy) is 1. The Hall–Kier alpha value is -1.39. The van der Waals surface area contributed by atoms with E-state index in [1.807, 2.05) is 24.4 Å². The second-order valence-corrected chi connectivity index (χ2v) is 5.91. The molecule has 3 nitrogen and oxygen atoms in total. The predicted molar refractivity (Wildman–Crippen MR) is 89.5 cm³/mol. The third-order valence-corrected chi connectivity index (χ3v) is 4.04. The van der Waals surface area contributed by atoms with Crippen LogP contribution in [0.5, 0.6) is 5.75 Å². The Morgan fingerprint density at radius 2 is 2.14 bits per heavy atom. The zero-order valence-corrected chi connectivity index (χ0v) is 13.8. The van der Waals surface area contributed by atoms with Crippen LogP contribution in [0.25, 0.3) is 0 Å². The Labute approximate surface area is 134 Å². The normalized spacial score (nSPS) is 12.1. The molecule has 0 radical (unpaired) electrons. The van der Waals surface area contributed by atoms with Crippen molar-refractivity contribution in [3.05, 3.63) is 58.3 Å². The molecule has 0 fully saturated rings. The van der Waals surface area contributed by atoms with E-state index in [-0.39, 0.29) is 6.04 Å². The van der Waals surface area contributed by atoms with E-state index in [1.165, 1.54) is 5.56 Å². The number of rotatable bonds is 7. The Bertz CT molecular complexity index is 560. The molecule has 0 aliphatic rings. The summed E-state index contributed by atoms with van der Waals surface area (Å²) in [5, 5.41) is 0. The molecule has 1 heterocycles. The molecule has 1 aromatic carbocycles. The fraction of sp³-hybridized carbons (Fsp3) is 0.353. The molecule has 0 amide bonds. The lowest BCUT2D eigenvalue weighted by atomic mass is 10.0. The standard InChI is InChI=1S/C17H21BrN2O/c1-2-15(19)11-14-6-3-7-16(18)17(14)21-10-8-13-5-4-9-20-12-13/h3-7,9,12,15H,2,8,10-11,19H2,1H3. The fourth-order valence-corrected chi connectivity index (χ4v) is 2.64. The molecule has 0 aliphatic carbocycles. The van der Waals surface area contributed by atoms with Crippen molar-refractivity contribution in [2.45, 2.75) is 32.2 Å². The van der Waals surface area contributed by atoms with Crippen LogP contribution >= 0.6 is 15.9 Å². The van der Waals surface area contributed by atoms with Crippen LogP contribution in [0.3, 0.4) is 0 Å². The molecule has 0 aliphatic heterocycles. The Morgan fingerprint density at radius 3 is 2.86 bits per heavy atom. The van der Waals surface area contributed by atoms with Crippen molar-refractivity contribution in [1.82, 2.24) is 4.98 Å². The summed E-state index contributed by atoms with van der Waals surface area (Å²) in [7, 11) is 0. The third-order valence-electron chi connectivity index (χ3n) is 3.41. The molecular formula is C17H21BrN2O. The van der Waals surface area contributed by atoms with Gasteiger partial charge in [-0.25, -0.2) is 0 Å². The molecule has 112 valence electrons. The van der Waals surface area contributed by atoms with E-state index in [4.69, 9.17) is 10.5 Å². The molecule has 21 heavy (non-hydrogen) atoms. The molecule has 0 saturated carbocycles. The van der Waals surface area contributed by atoms with Gasteiger partial charge >= 0.3 is 0 Å². The van der Waals surface area contributed by atoms with Crippen molar-refractivity contribution in [3.8, 4) is 5.75 Å². The van der Waals surface area contributed by atoms with E-state index < -0.39 is 0 Å². The van der Waals surface area contributed by atoms with Crippen LogP contribution in [0.4, 0.5) is 0 Å². The lowest BCUT2D eigenvalue weighted by molar-refractivity contribution is 0.315. The van der Waals surface area contributed by atoms with Gasteiger partial charge in [-0.3, -0.25) is 4.98 Å². The molecule has 1 unspecified atom stereocenters. The number of halogens is 1. The first-order chi connectivity index (χ1) is 10.2. The monoisotopic (exact) mass is 348 g/mol. The van der Waals surface area contributed by atoms with Crippen molar-refractivity contribution < 1.29 is 4.74 Å². The van der Waals surface area contributed by atoms with Crippen LogP contribution in [0, 0.1) is 0 Å². The van der Waals surface area contributed by atoms with Gasteiger partial charge in [-0.1, -0.05) is 25.1 Å². The van der Waals surface area contributed by atoms with Gasteiger partial charge < -0.3 is 10.5 Å². The zero-order chi connectivity index (χ0) is 15.1. The minimum atomic E-state index is 0.167. The van der Waals surface area contributed by atoms with Gasteiger partial charge in [0.1, 0.15) is 5.75 Å². The largest absolute Gasteiger partial charge is 0.492 e. The quantitative estimate of drug-likeness (QED) is 0.828. The van der Waals surface area contributed by atoms with Gasteiger partial charge in [0, 0.05) is 24.9 Å². The van der Waals surface area contributed by atoms with Gasteiger partial charge in [-0.15, -0.1) is 0 Å². The molecule has 1 aromatic heterocycles. The molecular weight excluding hydrogens is 328 g/mol. The van der Waals surface area contributed by atoms with Crippen LogP contribution < -0.4 is 10.5 Å². The number of hydrogen-bond acceptors (Lipinski definition) is 3. The van der Waals surface area contributed by atoms with E-state index in [0.29, 0.717) is 6.61 Å². The number of nitrogens with two attached hydrogens (primary N) is 1.